The molecule has 2 atom stereocenters. The second kappa shape index (κ2) is 4.57. The molecule has 58 valence electrons. The van der Waals surface area contributed by atoms with Crippen LogP contribution in [-0.4, -0.2) is 30.0 Å². The van der Waals surface area contributed by atoms with Crippen LogP contribution in [0.2, 0.25) is 0 Å². The van der Waals surface area contributed by atoms with E-state index in [1.165, 1.54) is 45.2 Å². The van der Waals surface area contributed by atoms with Gasteiger partial charge in [0.1, 0.15) is 0 Å². The highest BCUT2D eigenvalue weighted by molar-refractivity contribution is 14.1. The molecule has 0 fully saturated rings. The standard InChI is InChI=1S/C4H4I2O4/c5-3(9)1(7)2(8)4(6)10/h1-2,7-8H. The van der Waals surface area contributed by atoms with Gasteiger partial charge in [-0.05, 0) is 0 Å². The van der Waals surface area contributed by atoms with Gasteiger partial charge >= 0.3 is 0 Å². The third-order valence-electron chi connectivity index (χ3n) is 0.764. The van der Waals surface area contributed by atoms with Crippen LogP contribution in [0.3, 0.4) is 0 Å². The van der Waals surface area contributed by atoms with Crippen LogP contribution in [0, 0.1) is 0 Å². The monoisotopic (exact) mass is 370 g/mol. The summed E-state index contributed by atoms with van der Waals surface area (Å²) in [5, 5.41) is 17.5. The number of hydrogen-bond donors (Lipinski definition) is 2. The average molecular weight is 370 g/mol. The van der Waals surface area contributed by atoms with Gasteiger partial charge < -0.3 is 10.2 Å². The first-order valence-corrected chi connectivity index (χ1v) is 4.37. The third kappa shape index (κ3) is 3.21. The highest BCUT2D eigenvalue weighted by Gasteiger charge is 2.26. The minimum Gasteiger partial charge on any atom is -0.381 e. The van der Waals surface area contributed by atoms with E-state index in [-0.39, 0.29) is 0 Å². The zero-order valence-corrected chi connectivity index (χ0v) is 8.94. The summed E-state index contributed by atoms with van der Waals surface area (Å²) in [5.74, 6) is 0. The third-order valence-corrected chi connectivity index (χ3v) is 2.04. The smallest absolute Gasteiger partial charge is 0.223 e. The Hall–Kier alpha value is 0.720. The molecule has 0 aromatic heterocycles. The maximum atomic E-state index is 10.3. The highest BCUT2D eigenvalue weighted by atomic mass is 127. The molecule has 0 bridgehead atoms. The van der Waals surface area contributed by atoms with Gasteiger partial charge in [0.25, 0.3) is 0 Å². The van der Waals surface area contributed by atoms with Gasteiger partial charge in [-0.3, -0.25) is 9.59 Å². The minimum atomic E-state index is -1.59. The molecule has 0 aromatic carbocycles. The summed E-state index contributed by atoms with van der Waals surface area (Å²) in [6.45, 7) is 0. The van der Waals surface area contributed by atoms with E-state index in [9.17, 15) is 9.59 Å². The van der Waals surface area contributed by atoms with E-state index >= 15 is 0 Å². The molecule has 6 heteroatoms. The van der Waals surface area contributed by atoms with Gasteiger partial charge in [0.15, 0.2) is 12.2 Å². The molecule has 0 spiro atoms. The number of halogens is 2. The number of carbonyl (C=O) groups is 2. The quantitative estimate of drug-likeness (QED) is 0.526. The zero-order valence-electron chi connectivity index (χ0n) is 4.62. The normalized spacial score (nSPS) is 16.0. The lowest BCUT2D eigenvalue weighted by atomic mass is 10.2. The van der Waals surface area contributed by atoms with Crippen molar-refractivity contribution in [2.24, 2.45) is 0 Å². The van der Waals surface area contributed by atoms with Gasteiger partial charge in [-0.1, -0.05) is 0 Å². The molecule has 0 rings (SSSR count). The molecule has 2 N–H and O–H groups in total. The molecule has 0 radical (unpaired) electrons. The van der Waals surface area contributed by atoms with Gasteiger partial charge in [0, 0.05) is 45.2 Å². The largest absolute Gasteiger partial charge is 0.381 e. The predicted octanol–water partition coefficient (Wildman–Crippen LogP) is -0.369. The Morgan fingerprint density at radius 1 is 1.00 bits per heavy atom. The molecule has 0 saturated heterocycles. The van der Waals surface area contributed by atoms with Crippen molar-refractivity contribution < 1.29 is 19.8 Å². The summed E-state index contributed by atoms with van der Waals surface area (Å²) in [6, 6.07) is 0. The van der Waals surface area contributed by atoms with Gasteiger partial charge in [-0.25, -0.2) is 0 Å². The van der Waals surface area contributed by atoms with Gasteiger partial charge in [-0.15, -0.1) is 0 Å². The second-order valence-corrected chi connectivity index (χ2v) is 3.62. The Morgan fingerprint density at radius 3 is 1.30 bits per heavy atom. The molecule has 4 nitrogen and oxygen atoms in total. The Kier molecular flexibility index (Phi) is 4.90. The maximum absolute atomic E-state index is 10.3. The molecular weight excluding hydrogens is 366 g/mol. The summed E-state index contributed by atoms with van der Waals surface area (Å²) in [7, 11) is 0. The van der Waals surface area contributed by atoms with Crippen molar-refractivity contribution in [2.45, 2.75) is 12.2 Å². The van der Waals surface area contributed by atoms with Gasteiger partial charge in [0.05, 0.1) is 0 Å². The lowest BCUT2D eigenvalue weighted by Crippen LogP contribution is -2.34. The number of carbonyl (C=O) groups excluding carboxylic acids is 2. The van der Waals surface area contributed by atoms with Crippen molar-refractivity contribution in [1.29, 1.82) is 0 Å². The first kappa shape index (κ1) is 10.7. The van der Waals surface area contributed by atoms with E-state index < -0.39 is 19.8 Å². The first-order valence-electron chi connectivity index (χ1n) is 2.21. The fourth-order valence-electron chi connectivity index (χ4n) is 0.248. The Bertz CT molecular complexity index is 139. The average Bonchev–Trinajstić information content (AvgIpc) is 1.84. The topological polar surface area (TPSA) is 74.6 Å². The van der Waals surface area contributed by atoms with E-state index in [0.717, 1.165) is 0 Å². The number of aliphatic hydroxyl groups is 2. The summed E-state index contributed by atoms with van der Waals surface area (Å²) in [5.41, 5.74) is 0. The van der Waals surface area contributed by atoms with E-state index in [2.05, 4.69) is 0 Å². The van der Waals surface area contributed by atoms with Crippen molar-refractivity contribution in [3.63, 3.8) is 0 Å². The molecule has 0 saturated carbocycles. The molecule has 0 aliphatic rings. The number of aliphatic hydroxyl groups excluding tert-OH is 2. The van der Waals surface area contributed by atoms with Crippen molar-refractivity contribution >= 4 is 52.8 Å². The molecule has 10 heavy (non-hydrogen) atoms. The number of hydrogen-bond acceptors (Lipinski definition) is 4. The van der Waals surface area contributed by atoms with E-state index in [1.807, 2.05) is 0 Å². The Balaban J connectivity index is 4.07. The SMILES string of the molecule is O=C(I)C(O)C(O)C(=O)I. The van der Waals surface area contributed by atoms with Crippen molar-refractivity contribution in [1.82, 2.24) is 0 Å². The fraction of sp³-hybridized carbons (Fsp3) is 0.500. The molecular formula is C4H4I2O4. The summed E-state index contributed by atoms with van der Waals surface area (Å²) < 4.78 is -1.29. The van der Waals surface area contributed by atoms with Crippen LogP contribution < -0.4 is 0 Å². The summed E-state index contributed by atoms with van der Waals surface area (Å²) >= 11 is 2.63. The molecule has 2 unspecified atom stereocenters. The summed E-state index contributed by atoms with van der Waals surface area (Å²) in [6.07, 6.45) is -3.19. The van der Waals surface area contributed by atoms with Crippen LogP contribution >= 0.6 is 45.2 Å². The first-order chi connectivity index (χ1) is 4.46. The van der Waals surface area contributed by atoms with Crippen LogP contribution in [-0.2, 0) is 9.59 Å². The van der Waals surface area contributed by atoms with E-state index in [4.69, 9.17) is 10.2 Å². The van der Waals surface area contributed by atoms with Crippen LogP contribution in [0.1, 0.15) is 0 Å². The van der Waals surface area contributed by atoms with Gasteiger partial charge in [-0.2, -0.15) is 0 Å². The van der Waals surface area contributed by atoms with Crippen molar-refractivity contribution in [3.8, 4) is 0 Å². The van der Waals surface area contributed by atoms with Gasteiger partial charge in [0.2, 0.25) is 7.58 Å². The molecule has 0 heterocycles. The fourth-order valence-corrected chi connectivity index (χ4v) is 0.929. The number of rotatable bonds is 3. The van der Waals surface area contributed by atoms with Crippen LogP contribution in [0.5, 0.6) is 0 Å². The van der Waals surface area contributed by atoms with E-state index in [0.29, 0.717) is 0 Å². The van der Waals surface area contributed by atoms with Crippen LogP contribution in [0.15, 0.2) is 0 Å². The lowest BCUT2D eigenvalue weighted by Gasteiger charge is -2.08. The molecule has 0 amide bonds. The molecule has 0 aliphatic carbocycles. The zero-order chi connectivity index (χ0) is 8.31. The van der Waals surface area contributed by atoms with Crippen molar-refractivity contribution in [2.75, 3.05) is 0 Å². The highest BCUT2D eigenvalue weighted by Crippen LogP contribution is 2.05. The Morgan fingerprint density at radius 2 is 1.20 bits per heavy atom. The minimum absolute atomic E-state index is 0.643. The predicted molar refractivity (Wildman–Crippen MR) is 50.1 cm³/mol. The van der Waals surface area contributed by atoms with Crippen LogP contribution in [0.4, 0.5) is 0 Å². The second-order valence-electron chi connectivity index (χ2n) is 1.50. The maximum Gasteiger partial charge on any atom is 0.223 e. The molecule has 0 aliphatic heterocycles. The molecule has 0 aromatic rings. The van der Waals surface area contributed by atoms with Crippen molar-refractivity contribution in [3.05, 3.63) is 0 Å². The Labute approximate surface area is 84.3 Å². The van der Waals surface area contributed by atoms with E-state index in [1.54, 1.807) is 0 Å². The summed E-state index contributed by atoms with van der Waals surface area (Å²) in [4.78, 5) is 20.6. The van der Waals surface area contributed by atoms with Crippen LogP contribution in [0.25, 0.3) is 0 Å². The lowest BCUT2D eigenvalue weighted by molar-refractivity contribution is -0.131.